The van der Waals surface area contributed by atoms with Gasteiger partial charge in [0.25, 0.3) is 0 Å². The lowest BCUT2D eigenvalue weighted by Crippen LogP contribution is -1.87. The van der Waals surface area contributed by atoms with Crippen LogP contribution in [0.5, 0.6) is 0 Å². The zero-order valence-electron chi connectivity index (χ0n) is 19.0. The molecule has 162 valence electrons. The van der Waals surface area contributed by atoms with Crippen LogP contribution in [0.25, 0.3) is 76.5 Å². The number of furan rings is 1. The van der Waals surface area contributed by atoms with Gasteiger partial charge in [-0.2, -0.15) is 0 Å². The quantitative estimate of drug-likeness (QED) is 0.242. The zero-order valence-corrected chi connectivity index (χ0v) is 19.0. The van der Waals surface area contributed by atoms with Crippen molar-refractivity contribution in [2.24, 2.45) is 0 Å². The highest BCUT2D eigenvalue weighted by atomic mass is 16.3. The van der Waals surface area contributed by atoms with Gasteiger partial charge >= 0.3 is 0 Å². The first-order chi connectivity index (χ1) is 17.3. The Hall–Kier alpha value is -4.62. The lowest BCUT2D eigenvalue weighted by atomic mass is 9.89. The molecule has 0 saturated carbocycles. The van der Waals surface area contributed by atoms with Crippen LogP contribution in [-0.2, 0) is 0 Å². The summed E-state index contributed by atoms with van der Waals surface area (Å²) in [7, 11) is 0. The van der Waals surface area contributed by atoms with Crippen molar-refractivity contribution < 1.29 is 4.42 Å². The Bertz CT molecular complexity index is 2030. The van der Waals surface area contributed by atoms with Crippen LogP contribution in [0.15, 0.2) is 126 Å². The van der Waals surface area contributed by atoms with E-state index in [4.69, 9.17) is 4.42 Å². The molecule has 0 bridgehead atoms. The van der Waals surface area contributed by atoms with Gasteiger partial charge in [-0.15, -0.1) is 0 Å². The van der Waals surface area contributed by atoms with E-state index >= 15 is 0 Å². The van der Waals surface area contributed by atoms with Gasteiger partial charge in [0.2, 0.25) is 0 Å². The molecule has 8 rings (SSSR count). The molecular weight excluding hydrogens is 424 g/mol. The second-order valence-corrected chi connectivity index (χ2v) is 9.33. The number of fused-ring (bicyclic) bond motifs is 3. The van der Waals surface area contributed by atoms with Gasteiger partial charge in [-0.1, -0.05) is 103 Å². The molecule has 0 fully saturated rings. The van der Waals surface area contributed by atoms with Crippen molar-refractivity contribution in [2.45, 2.75) is 0 Å². The normalized spacial score (nSPS) is 12.0. The van der Waals surface area contributed by atoms with E-state index in [1.54, 1.807) is 0 Å². The van der Waals surface area contributed by atoms with Crippen molar-refractivity contribution in [1.82, 2.24) is 0 Å². The summed E-state index contributed by atoms with van der Waals surface area (Å²) >= 11 is 0. The van der Waals surface area contributed by atoms with Gasteiger partial charge in [-0.3, -0.25) is 0 Å². The van der Waals surface area contributed by atoms with Crippen LogP contribution < -0.4 is 0 Å². The summed E-state index contributed by atoms with van der Waals surface area (Å²) in [5.41, 5.74) is 6.72. The SMILES string of the molecule is c1ccc(-c2cccc3oc4ccc(-c5ccc6ccc7cccc8ccc5c6c78)cc4c23)cc1. The Balaban J connectivity index is 1.44. The highest BCUT2D eigenvalue weighted by molar-refractivity contribution is 6.25. The van der Waals surface area contributed by atoms with Gasteiger partial charge in [-0.05, 0) is 72.8 Å². The molecule has 0 radical (unpaired) electrons. The largest absolute Gasteiger partial charge is 0.456 e. The molecule has 0 unspecified atom stereocenters. The zero-order chi connectivity index (χ0) is 22.9. The van der Waals surface area contributed by atoms with E-state index in [0.717, 1.165) is 16.6 Å². The third kappa shape index (κ3) is 2.64. The molecule has 1 aromatic heterocycles. The maximum absolute atomic E-state index is 6.29. The maximum atomic E-state index is 6.29. The lowest BCUT2D eigenvalue weighted by Gasteiger charge is -2.14. The maximum Gasteiger partial charge on any atom is 0.136 e. The summed E-state index contributed by atoms with van der Waals surface area (Å²) in [5, 5.41) is 10.2. The molecule has 0 spiro atoms. The van der Waals surface area contributed by atoms with Gasteiger partial charge in [0, 0.05) is 10.8 Å². The molecule has 1 heterocycles. The predicted octanol–water partition coefficient (Wildman–Crippen LogP) is 9.82. The molecule has 35 heavy (non-hydrogen) atoms. The Morgan fingerprint density at radius 2 is 1.11 bits per heavy atom. The van der Waals surface area contributed by atoms with Gasteiger partial charge < -0.3 is 4.42 Å². The van der Waals surface area contributed by atoms with Gasteiger partial charge in [0.15, 0.2) is 0 Å². The topological polar surface area (TPSA) is 13.1 Å². The molecule has 0 saturated heterocycles. The molecule has 0 aliphatic heterocycles. The monoisotopic (exact) mass is 444 g/mol. The summed E-state index contributed by atoms with van der Waals surface area (Å²) in [6.45, 7) is 0. The van der Waals surface area contributed by atoms with Crippen molar-refractivity contribution in [3.05, 3.63) is 121 Å². The van der Waals surface area contributed by atoms with Crippen LogP contribution in [-0.4, -0.2) is 0 Å². The smallest absolute Gasteiger partial charge is 0.136 e. The van der Waals surface area contributed by atoms with Gasteiger partial charge in [0.05, 0.1) is 0 Å². The number of benzene rings is 7. The van der Waals surface area contributed by atoms with Crippen molar-refractivity contribution in [1.29, 1.82) is 0 Å². The first-order valence-corrected chi connectivity index (χ1v) is 12.0. The summed E-state index contributed by atoms with van der Waals surface area (Å²) < 4.78 is 6.29. The highest BCUT2D eigenvalue weighted by Gasteiger charge is 2.16. The fourth-order valence-electron chi connectivity index (χ4n) is 5.84. The van der Waals surface area contributed by atoms with Crippen LogP contribution in [0.2, 0.25) is 0 Å². The Morgan fingerprint density at radius 3 is 1.97 bits per heavy atom. The summed E-state index contributed by atoms with van der Waals surface area (Å²) in [6, 6.07) is 43.6. The van der Waals surface area contributed by atoms with E-state index in [1.165, 1.54) is 60.0 Å². The summed E-state index contributed by atoms with van der Waals surface area (Å²) in [6.07, 6.45) is 0. The minimum atomic E-state index is 0.921. The Kier molecular flexibility index (Phi) is 3.72. The van der Waals surface area contributed by atoms with Crippen molar-refractivity contribution in [3.63, 3.8) is 0 Å². The first-order valence-electron chi connectivity index (χ1n) is 12.0. The molecule has 0 aliphatic carbocycles. The minimum Gasteiger partial charge on any atom is -0.456 e. The molecule has 7 aromatic carbocycles. The fourth-order valence-corrected chi connectivity index (χ4v) is 5.84. The Labute approximate surface area is 202 Å². The molecule has 1 heteroatoms. The Morgan fingerprint density at radius 1 is 0.371 bits per heavy atom. The molecule has 0 aliphatic rings. The molecule has 0 amide bonds. The third-order valence-electron chi connectivity index (χ3n) is 7.42. The summed E-state index contributed by atoms with van der Waals surface area (Å²) in [4.78, 5) is 0. The number of hydrogen-bond donors (Lipinski definition) is 0. The van der Waals surface area contributed by atoms with Crippen LogP contribution in [0.1, 0.15) is 0 Å². The summed E-state index contributed by atoms with van der Waals surface area (Å²) in [5.74, 6) is 0. The lowest BCUT2D eigenvalue weighted by molar-refractivity contribution is 0.669. The fraction of sp³-hybridized carbons (Fsp3) is 0. The highest BCUT2D eigenvalue weighted by Crippen LogP contribution is 2.42. The van der Waals surface area contributed by atoms with E-state index in [9.17, 15) is 0 Å². The van der Waals surface area contributed by atoms with Crippen LogP contribution in [0, 0.1) is 0 Å². The van der Waals surface area contributed by atoms with Crippen molar-refractivity contribution in [2.75, 3.05) is 0 Å². The van der Waals surface area contributed by atoms with E-state index in [0.29, 0.717) is 0 Å². The predicted molar refractivity (Wildman–Crippen MR) is 148 cm³/mol. The average Bonchev–Trinajstić information content (AvgIpc) is 3.30. The number of rotatable bonds is 2. The molecular formula is C34H20O. The second kappa shape index (κ2) is 6.94. The minimum absolute atomic E-state index is 0.921. The van der Waals surface area contributed by atoms with Crippen molar-refractivity contribution >= 4 is 54.3 Å². The standard InChI is InChI=1S/C34H20O/c1-2-6-21(7-3-1)27-10-5-11-31-34(27)29-20-25(16-19-30(29)35-31)26-17-14-24-13-12-22-8-4-9-23-15-18-28(26)33(24)32(22)23/h1-20H. The van der Waals surface area contributed by atoms with Gasteiger partial charge in [-0.25, -0.2) is 0 Å². The van der Waals surface area contributed by atoms with Crippen LogP contribution in [0.4, 0.5) is 0 Å². The van der Waals surface area contributed by atoms with Crippen molar-refractivity contribution in [3.8, 4) is 22.3 Å². The van der Waals surface area contributed by atoms with E-state index in [-0.39, 0.29) is 0 Å². The van der Waals surface area contributed by atoms with Gasteiger partial charge in [0.1, 0.15) is 11.2 Å². The van der Waals surface area contributed by atoms with E-state index in [2.05, 4.69) is 121 Å². The second-order valence-electron chi connectivity index (χ2n) is 9.33. The molecule has 0 N–H and O–H groups in total. The number of hydrogen-bond acceptors (Lipinski definition) is 1. The molecule has 0 atom stereocenters. The molecule has 1 nitrogen and oxygen atoms in total. The van der Waals surface area contributed by atoms with E-state index in [1.807, 2.05) is 0 Å². The van der Waals surface area contributed by atoms with Crippen LogP contribution >= 0.6 is 0 Å². The third-order valence-corrected chi connectivity index (χ3v) is 7.42. The van der Waals surface area contributed by atoms with Crippen LogP contribution in [0.3, 0.4) is 0 Å². The van der Waals surface area contributed by atoms with E-state index < -0.39 is 0 Å². The first kappa shape index (κ1) is 18.8. The molecule has 8 aromatic rings. The average molecular weight is 445 g/mol.